The molecule has 148 valence electrons. The third kappa shape index (κ3) is 8.55. The standard InChI is InChI=1S/C19H31N3O3.HI/c1-3-20-19(21-11-7-12-25-17-10-13-23-15-17)22-14-16-8-5-6-9-18(16)24-4-2;/h5-6,8-9,17H,3-4,7,10-15H2,1-2H3,(H2,20,21,22);1H. The van der Waals surface area contributed by atoms with E-state index in [4.69, 9.17) is 14.2 Å². The Kier molecular flexibility index (Phi) is 12.4. The van der Waals surface area contributed by atoms with Crippen molar-refractivity contribution >= 4 is 29.9 Å². The summed E-state index contributed by atoms with van der Waals surface area (Å²) in [6.07, 6.45) is 2.23. The highest BCUT2D eigenvalue weighted by atomic mass is 127. The minimum absolute atomic E-state index is 0. The van der Waals surface area contributed by atoms with Gasteiger partial charge in [0.2, 0.25) is 0 Å². The van der Waals surface area contributed by atoms with Crippen molar-refractivity contribution in [1.29, 1.82) is 0 Å². The van der Waals surface area contributed by atoms with Crippen molar-refractivity contribution < 1.29 is 14.2 Å². The van der Waals surface area contributed by atoms with Crippen molar-refractivity contribution in [2.24, 2.45) is 4.99 Å². The fourth-order valence-corrected chi connectivity index (χ4v) is 2.61. The highest BCUT2D eigenvalue weighted by molar-refractivity contribution is 14.0. The van der Waals surface area contributed by atoms with Gasteiger partial charge in [-0.05, 0) is 32.8 Å². The molecule has 0 radical (unpaired) electrons. The predicted molar refractivity (Wildman–Crippen MR) is 116 cm³/mol. The van der Waals surface area contributed by atoms with Crippen LogP contribution in [0.2, 0.25) is 0 Å². The second-order valence-electron chi connectivity index (χ2n) is 5.87. The highest BCUT2D eigenvalue weighted by Gasteiger charge is 2.15. The van der Waals surface area contributed by atoms with Gasteiger partial charge in [-0.1, -0.05) is 18.2 Å². The lowest BCUT2D eigenvalue weighted by molar-refractivity contribution is 0.0420. The molecule has 0 spiro atoms. The van der Waals surface area contributed by atoms with Gasteiger partial charge >= 0.3 is 0 Å². The van der Waals surface area contributed by atoms with E-state index in [-0.39, 0.29) is 30.1 Å². The third-order valence-electron chi connectivity index (χ3n) is 3.88. The number of hydrogen-bond acceptors (Lipinski definition) is 4. The number of rotatable bonds is 10. The quantitative estimate of drug-likeness (QED) is 0.235. The molecule has 7 heteroatoms. The van der Waals surface area contributed by atoms with Gasteiger partial charge in [-0.25, -0.2) is 4.99 Å². The number of para-hydroxylation sites is 1. The average Bonchev–Trinajstić information content (AvgIpc) is 3.14. The van der Waals surface area contributed by atoms with Gasteiger partial charge < -0.3 is 24.8 Å². The van der Waals surface area contributed by atoms with E-state index >= 15 is 0 Å². The van der Waals surface area contributed by atoms with Crippen molar-refractivity contribution in [3.8, 4) is 5.75 Å². The fraction of sp³-hybridized carbons (Fsp3) is 0.632. The van der Waals surface area contributed by atoms with Crippen LogP contribution in [0.1, 0.15) is 32.3 Å². The van der Waals surface area contributed by atoms with E-state index in [2.05, 4.69) is 28.6 Å². The zero-order chi connectivity index (χ0) is 17.7. The summed E-state index contributed by atoms with van der Waals surface area (Å²) in [5.41, 5.74) is 1.09. The lowest BCUT2D eigenvalue weighted by Crippen LogP contribution is -2.38. The van der Waals surface area contributed by atoms with Crippen LogP contribution in [-0.4, -0.2) is 51.6 Å². The molecule has 1 saturated heterocycles. The van der Waals surface area contributed by atoms with Crippen LogP contribution in [0.5, 0.6) is 5.75 Å². The number of hydrogen-bond donors (Lipinski definition) is 2. The summed E-state index contributed by atoms with van der Waals surface area (Å²) >= 11 is 0. The molecule has 0 saturated carbocycles. The Morgan fingerprint density at radius 1 is 1.27 bits per heavy atom. The van der Waals surface area contributed by atoms with Crippen molar-refractivity contribution in [3.05, 3.63) is 29.8 Å². The Morgan fingerprint density at radius 3 is 2.85 bits per heavy atom. The van der Waals surface area contributed by atoms with Crippen molar-refractivity contribution in [2.45, 2.75) is 39.3 Å². The molecule has 0 aliphatic carbocycles. The van der Waals surface area contributed by atoms with Gasteiger partial charge in [0.1, 0.15) is 5.75 Å². The Bertz CT molecular complexity index is 523. The van der Waals surface area contributed by atoms with Gasteiger partial charge in [0.25, 0.3) is 0 Å². The maximum Gasteiger partial charge on any atom is 0.191 e. The van der Waals surface area contributed by atoms with Crippen LogP contribution in [0, 0.1) is 0 Å². The monoisotopic (exact) mass is 477 g/mol. The zero-order valence-electron chi connectivity index (χ0n) is 15.8. The summed E-state index contributed by atoms with van der Waals surface area (Å²) in [5.74, 6) is 1.72. The number of nitrogens with zero attached hydrogens (tertiary/aromatic N) is 1. The zero-order valence-corrected chi connectivity index (χ0v) is 18.2. The first kappa shape index (κ1) is 23.0. The summed E-state index contributed by atoms with van der Waals surface area (Å²) in [5, 5.41) is 6.63. The highest BCUT2D eigenvalue weighted by Crippen LogP contribution is 2.18. The maximum absolute atomic E-state index is 5.77. The summed E-state index contributed by atoms with van der Waals surface area (Å²) in [4.78, 5) is 4.66. The topological polar surface area (TPSA) is 64.1 Å². The molecule has 2 rings (SSSR count). The number of guanidine groups is 1. The largest absolute Gasteiger partial charge is 0.494 e. The average molecular weight is 477 g/mol. The molecule has 1 aromatic rings. The molecule has 1 aromatic carbocycles. The van der Waals surface area contributed by atoms with Gasteiger partial charge in [0, 0.05) is 31.9 Å². The van der Waals surface area contributed by atoms with E-state index in [1.807, 2.05) is 25.1 Å². The minimum Gasteiger partial charge on any atom is -0.494 e. The number of ether oxygens (including phenoxy) is 3. The molecule has 1 aliphatic heterocycles. The molecule has 1 atom stereocenters. The first-order valence-corrected chi connectivity index (χ1v) is 9.25. The lowest BCUT2D eigenvalue weighted by Gasteiger charge is -2.13. The molecular formula is C19H32IN3O3. The molecule has 6 nitrogen and oxygen atoms in total. The summed E-state index contributed by atoms with van der Waals surface area (Å²) < 4.78 is 16.7. The Hall–Kier alpha value is -1.06. The molecule has 0 bridgehead atoms. The van der Waals surface area contributed by atoms with Crippen LogP contribution < -0.4 is 15.4 Å². The molecule has 0 aromatic heterocycles. The van der Waals surface area contributed by atoms with Crippen molar-refractivity contribution in [1.82, 2.24) is 10.6 Å². The van der Waals surface area contributed by atoms with Gasteiger partial charge in [-0.15, -0.1) is 24.0 Å². The Morgan fingerprint density at radius 2 is 2.12 bits per heavy atom. The van der Waals surface area contributed by atoms with Gasteiger partial charge in [0.05, 0.1) is 25.9 Å². The number of benzene rings is 1. The SMILES string of the molecule is CCNC(=NCc1ccccc1OCC)NCCCOC1CCOC1.I. The molecule has 1 unspecified atom stereocenters. The van der Waals surface area contributed by atoms with E-state index in [1.165, 1.54) is 0 Å². The van der Waals surface area contributed by atoms with Crippen LogP contribution in [0.15, 0.2) is 29.3 Å². The van der Waals surface area contributed by atoms with Gasteiger partial charge in [0.15, 0.2) is 5.96 Å². The molecule has 2 N–H and O–H groups in total. The number of nitrogens with one attached hydrogen (secondary N) is 2. The Labute approximate surface area is 174 Å². The molecule has 0 amide bonds. The maximum atomic E-state index is 5.77. The van der Waals surface area contributed by atoms with Crippen LogP contribution >= 0.6 is 24.0 Å². The van der Waals surface area contributed by atoms with E-state index < -0.39 is 0 Å². The lowest BCUT2D eigenvalue weighted by atomic mass is 10.2. The first-order valence-electron chi connectivity index (χ1n) is 9.25. The van der Waals surface area contributed by atoms with Gasteiger partial charge in [-0.3, -0.25) is 0 Å². The number of halogens is 1. The predicted octanol–water partition coefficient (Wildman–Crippen LogP) is 2.95. The molecular weight excluding hydrogens is 445 g/mol. The van der Waals surface area contributed by atoms with Crippen LogP contribution in [0.25, 0.3) is 0 Å². The molecule has 1 heterocycles. The molecule has 26 heavy (non-hydrogen) atoms. The smallest absolute Gasteiger partial charge is 0.191 e. The van der Waals surface area contributed by atoms with Gasteiger partial charge in [-0.2, -0.15) is 0 Å². The van der Waals surface area contributed by atoms with Crippen molar-refractivity contribution in [2.75, 3.05) is 39.5 Å². The van der Waals surface area contributed by atoms with E-state index in [1.54, 1.807) is 0 Å². The van der Waals surface area contributed by atoms with E-state index in [0.717, 1.165) is 63.0 Å². The summed E-state index contributed by atoms with van der Waals surface area (Å²) in [6, 6.07) is 8.03. The van der Waals surface area contributed by atoms with E-state index in [9.17, 15) is 0 Å². The minimum atomic E-state index is 0. The Balaban J connectivity index is 0.00000338. The van der Waals surface area contributed by atoms with Crippen LogP contribution in [0.4, 0.5) is 0 Å². The number of aliphatic imine (C=N–C) groups is 1. The summed E-state index contributed by atoms with van der Waals surface area (Å²) in [7, 11) is 0. The second kappa shape index (κ2) is 14.1. The summed E-state index contributed by atoms with van der Waals surface area (Å²) in [6.45, 7) is 9.25. The third-order valence-corrected chi connectivity index (χ3v) is 3.88. The van der Waals surface area contributed by atoms with Crippen molar-refractivity contribution in [3.63, 3.8) is 0 Å². The second-order valence-corrected chi connectivity index (χ2v) is 5.87. The first-order chi connectivity index (χ1) is 12.3. The molecule has 1 fully saturated rings. The van der Waals surface area contributed by atoms with E-state index in [0.29, 0.717) is 13.2 Å². The fourth-order valence-electron chi connectivity index (χ4n) is 2.61. The normalized spacial score (nSPS) is 16.8. The van der Waals surface area contributed by atoms with Crippen LogP contribution in [-0.2, 0) is 16.0 Å². The van der Waals surface area contributed by atoms with Crippen LogP contribution in [0.3, 0.4) is 0 Å². The molecule has 1 aliphatic rings.